The standard InChI is InChI=1S/C14H23N3/c1-2-17(10-13-6-3-4-9-16-13)12-14(11-15)7-5-8-14/h3-4,6,9H,2,5,7-8,10-12,15H2,1H3. The number of aromatic nitrogens is 1. The molecule has 94 valence electrons. The van der Waals surface area contributed by atoms with Gasteiger partial charge in [-0.3, -0.25) is 9.88 Å². The largest absolute Gasteiger partial charge is 0.330 e. The lowest BCUT2D eigenvalue weighted by Gasteiger charge is -2.44. The van der Waals surface area contributed by atoms with Gasteiger partial charge in [-0.05, 0) is 43.5 Å². The quantitative estimate of drug-likeness (QED) is 0.817. The molecule has 0 atom stereocenters. The molecule has 0 spiro atoms. The number of pyridine rings is 1. The van der Waals surface area contributed by atoms with Crippen molar-refractivity contribution in [2.24, 2.45) is 11.1 Å². The normalized spacial score (nSPS) is 18.1. The second kappa shape index (κ2) is 5.61. The molecule has 2 N–H and O–H groups in total. The summed E-state index contributed by atoms with van der Waals surface area (Å²) in [5.74, 6) is 0. The Labute approximate surface area is 104 Å². The lowest BCUT2D eigenvalue weighted by atomic mass is 9.68. The molecule has 0 aliphatic heterocycles. The molecule has 3 nitrogen and oxygen atoms in total. The van der Waals surface area contributed by atoms with Crippen molar-refractivity contribution in [3.8, 4) is 0 Å². The van der Waals surface area contributed by atoms with E-state index in [4.69, 9.17) is 5.73 Å². The van der Waals surface area contributed by atoms with Crippen LogP contribution in [0.4, 0.5) is 0 Å². The molecule has 0 aromatic carbocycles. The van der Waals surface area contributed by atoms with Gasteiger partial charge < -0.3 is 5.73 Å². The van der Waals surface area contributed by atoms with Crippen LogP contribution in [0, 0.1) is 5.41 Å². The molecule has 2 rings (SSSR count). The third-order valence-corrected chi connectivity index (χ3v) is 3.97. The van der Waals surface area contributed by atoms with Gasteiger partial charge in [-0.15, -0.1) is 0 Å². The zero-order chi connectivity index (χ0) is 12.1. The molecule has 0 bridgehead atoms. The van der Waals surface area contributed by atoms with Gasteiger partial charge in [-0.2, -0.15) is 0 Å². The van der Waals surface area contributed by atoms with Crippen LogP contribution in [0.1, 0.15) is 31.9 Å². The molecule has 1 fully saturated rings. The zero-order valence-electron chi connectivity index (χ0n) is 10.7. The molecule has 1 saturated carbocycles. The Morgan fingerprint density at radius 1 is 1.41 bits per heavy atom. The molecule has 0 unspecified atom stereocenters. The van der Waals surface area contributed by atoms with Crippen molar-refractivity contribution in [3.63, 3.8) is 0 Å². The Morgan fingerprint density at radius 3 is 2.71 bits per heavy atom. The number of hydrogen-bond acceptors (Lipinski definition) is 3. The van der Waals surface area contributed by atoms with Crippen molar-refractivity contribution >= 4 is 0 Å². The number of hydrogen-bond donors (Lipinski definition) is 1. The van der Waals surface area contributed by atoms with Crippen molar-refractivity contribution in [1.82, 2.24) is 9.88 Å². The highest BCUT2D eigenvalue weighted by atomic mass is 15.1. The Kier molecular flexibility index (Phi) is 4.13. The Bertz CT molecular complexity index is 327. The van der Waals surface area contributed by atoms with Gasteiger partial charge in [0.25, 0.3) is 0 Å². The minimum absolute atomic E-state index is 0.394. The van der Waals surface area contributed by atoms with Gasteiger partial charge in [0.15, 0.2) is 0 Å². The third kappa shape index (κ3) is 3.05. The van der Waals surface area contributed by atoms with Crippen LogP contribution < -0.4 is 5.73 Å². The first-order valence-corrected chi connectivity index (χ1v) is 6.60. The van der Waals surface area contributed by atoms with Crippen molar-refractivity contribution < 1.29 is 0 Å². The first-order chi connectivity index (χ1) is 8.28. The Balaban J connectivity index is 1.93. The molecule has 17 heavy (non-hydrogen) atoms. The van der Waals surface area contributed by atoms with Gasteiger partial charge in [-0.1, -0.05) is 19.4 Å². The molecule has 0 saturated heterocycles. The fraction of sp³-hybridized carbons (Fsp3) is 0.643. The topological polar surface area (TPSA) is 42.2 Å². The van der Waals surface area contributed by atoms with E-state index >= 15 is 0 Å². The average molecular weight is 233 g/mol. The van der Waals surface area contributed by atoms with E-state index in [0.717, 1.165) is 31.9 Å². The molecule has 0 radical (unpaired) electrons. The van der Waals surface area contributed by atoms with E-state index in [1.165, 1.54) is 19.3 Å². The highest BCUT2D eigenvalue weighted by Crippen LogP contribution is 2.40. The van der Waals surface area contributed by atoms with Crippen molar-refractivity contribution in [2.45, 2.75) is 32.7 Å². The summed E-state index contributed by atoms with van der Waals surface area (Å²) in [5, 5.41) is 0. The summed E-state index contributed by atoms with van der Waals surface area (Å²) in [7, 11) is 0. The van der Waals surface area contributed by atoms with Gasteiger partial charge in [-0.25, -0.2) is 0 Å². The maximum atomic E-state index is 5.92. The van der Waals surface area contributed by atoms with Gasteiger partial charge >= 0.3 is 0 Å². The molecule has 1 aromatic rings. The smallest absolute Gasteiger partial charge is 0.0543 e. The minimum Gasteiger partial charge on any atom is -0.330 e. The summed E-state index contributed by atoms with van der Waals surface area (Å²) in [4.78, 5) is 6.86. The predicted molar refractivity (Wildman–Crippen MR) is 70.5 cm³/mol. The van der Waals surface area contributed by atoms with Gasteiger partial charge in [0.05, 0.1) is 5.69 Å². The lowest BCUT2D eigenvalue weighted by molar-refractivity contribution is 0.0730. The first kappa shape index (κ1) is 12.5. The first-order valence-electron chi connectivity index (χ1n) is 6.60. The third-order valence-electron chi connectivity index (χ3n) is 3.97. The summed E-state index contributed by atoms with van der Waals surface area (Å²) in [6.07, 6.45) is 5.80. The summed E-state index contributed by atoms with van der Waals surface area (Å²) in [6, 6.07) is 6.11. The van der Waals surface area contributed by atoms with Crippen LogP contribution in [0.25, 0.3) is 0 Å². The lowest BCUT2D eigenvalue weighted by Crippen LogP contribution is -2.46. The van der Waals surface area contributed by atoms with Crippen molar-refractivity contribution in [3.05, 3.63) is 30.1 Å². The van der Waals surface area contributed by atoms with Crippen LogP contribution in [0.15, 0.2) is 24.4 Å². The Morgan fingerprint density at radius 2 is 2.24 bits per heavy atom. The average Bonchev–Trinajstić information content (AvgIpc) is 2.33. The molecule has 1 aliphatic rings. The van der Waals surface area contributed by atoms with Crippen LogP contribution in [-0.2, 0) is 6.54 Å². The van der Waals surface area contributed by atoms with E-state index in [1.807, 2.05) is 12.3 Å². The molecule has 3 heteroatoms. The van der Waals surface area contributed by atoms with Crippen LogP contribution in [0.2, 0.25) is 0 Å². The van der Waals surface area contributed by atoms with Crippen LogP contribution >= 0.6 is 0 Å². The van der Waals surface area contributed by atoms with Crippen LogP contribution in [-0.4, -0.2) is 29.5 Å². The van der Waals surface area contributed by atoms with Crippen LogP contribution in [0.3, 0.4) is 0 Å². The molecule has 1 aliphatic carbocycles. The molecule has 1 aromatic heterocycles. The summed E-state index contributed by atoms with van der Waals surface area (Å²) >= 11 is 0. The van der Waals surface area contributed by atoms with Gasteiger partial charge in [0.1, 0.15) is 0 Å². The second-order valence-corrected chi connectivity index (χ2v) is 5.18. The summed E-state index contributed by atoms with van der Waals surface area (Å²) < 4.78 is 0. The number of rotatable bonds is 6. The van der Waals surface area contributed by atoms with E-state index in [-0.39, 0.29) is 0 Å². The van der Waals surface area contributed by atoms with Crippen molar-refractivity contribution in [2.75, 3.05) is 19.6 Å². The maximum Gasteiger partial charge on any atom is 0.0543 e. The highest BCUT2D eigenvalue weighted by molar-refractivity contribution is 5.03. The monoisotopic (exact) mass is 233 g/mol. The van der Waals surface area contributed by atoms with Gasteiger partial charge in [0, 0.05) is 19.3 Å². The zero-order valence-corrected chi connectivity index (χ0v) is 10.7. The number of nitrogens with zero attached hydrogens (tertiary/aromatic N) is 2. The van der Waals surface area contributed by atoms with E-state index in [2.05, 4.69) is 28.9 Å². The minimum atomic E-state index is 0.394. The summed E-state index contributed by atoms with van der Waals surface area (Å²) in [5.41, 5.74) is 7.47. The number of nitrogens with two attached hydrogens (primary N) is 1. The van der Waals surface area contributed by atoms with Crippen LogP contribution in [0.5, 0.6) is 0 Å². The predicted octanol–water partition coefficient (Wildman–Crippen LogP) is 2.03. The van der Waals surface area contributed by atoms with E-state index in [1.54, 1.807) is 0 Å². The fourth-order valence-corrected chi connectivity index (χ4v) is 2.58. The fourth-order valence-electron chi connectivity index (χ4n) is 2.58. The SMILES string of the molecule is CCN(Cc1ccccn1)CC1(CN)CCC1. The maximum absolute atomic E-state index is 5.92. The molecular weight excluding hydrogens is 210 g/mol. The second-order valence-electron chi connectivity index (χ2n) is 5.18. The van der Waals surface area contributed by atoms with E-state index in [9.17, 15) is 0 Å². The van der Waals surface area contributed by atoms with Gasteiger partial charge in [0.2, 0.25) is 0 Å². The molecular formula is C14H23N3. The summed E-state index contributed by atoms with van der Waals surface area (Å²) in [6.45, 7) is 6.17. The Hall–Kier alpha value is -0.930. The molecule has 1 heterocycles. The van der Waals surface area contributed by atoms with E-state index in [0.29, 0.717) is 5.41 Å². The molecule has 0 amide bonds. The van der Waals surface area contributed by atoms with Crippen molar-refractivity contribution in [1.29, 1.82) is 0 Å². The highest BCUT2D eigenvalue weighted by Gasteiger charge is 2.36. The van der Waals surface area contributed by atoms with E-state index < -0.39 is 0 Å².